The molecule has 2 aliphatic rings. The lowest BCUT2D eigenvalue weighted by atomic mass is 9.83. The number of carbonyl (C=O) groups excluding carboxylic acids is 1. The topological polar surface area (TPSA) is 90.4 Å². The highest BCUT2D eigenvalue weighted by molar-refractivity contribution is 5.98. The van der Waals surface area contributed by atoms with E-state index in [1.165, 1.54) is 10.6 Å². The number of pyridine rings is 1. The molecule has 8 heteroatoms. The van der Waals surface area contributed by atoms with Crippen molar-refractivity contribution in [2.45, 2.75) is 18.9 Å². The molecule has 2 aliphatic heterocycles. The number of likely N-dealkylation sites (tertiary alicyclic amines) is 1. The van der Waals surface area contributed by atoms with Gasteiger partial charge in [0.1, 0.15) is 0 Å². The van der Waals surface area contributed by atoms with Crippen molar-refractivity contribution in [2.75, 3.05) is 13.1 Å². The van der Waals surface area contributed by atoms with E-state index in [1.807, 2.05) is 47.0 Å². The molecule has 29 heavy (non-hydrogen) atoms. The molecule has 8 nitrogen and oxygen atoms in total. The molecule has 1 fully saturated rings. The van der Waals surface area contributed by atoms with E-state index in [4.69, 9.17) is 0 Å². The van der Waals surface area contributed by atoms with Gasteiger partial charge in [0.05, 0.1) is 4.92 Å². The van der Waals surface area contributed by atoms with Gasteiger partial charge in [-0.25, -0.2) is 0 Å². The first-order valence-electron chi connectivity index (χ1n) is 9.65. The number of fused-ring (bicyclic) bond motifs is 5. The molecule has 0 N–H and O–H groups in total. The van der Waals surface area contributed by atoms with E-state index >= 15 is 0 Å². The van der Waals surface area contributed by atoms with Crippen LogP contribution in [0.4, 0.5) is 5.69 Å². The molecule has 0 spiro atoms. The molecule has 4 heterocycles. The molecular weight excluding hydrogens is 372 g/mol. The van der Waals surface area contributed by atoms with Crippen molar-refractivity contribution in [1.82, 2.24) is 14.0 Å². The maximum absolute atomic E-state index is 13.2. The van der Waals surface area contributed by atoms with Crippen LogP contribution in [0.25, 0.3) is 10.9 Å². The van der Waals surface area contributed by atoms with Crippen molar-refractivity contribution in [2.24, 2.45) is 13.0 Å². The predicted octanol–water partition coefficient (Wildman–Crippen LogP) is 2.51. The van der Waals surface area contributed by atoms with Crippen LogP contribution in [0.5, 0.6) is 0 Å². The minimum absolute atomic E-state index is 0.0110. The van der Waals surface area contributed by atoms with Crippen LogP contribution < -0.4 is 5.56 Å². The first kappa shape index (κ1) is 17.7. The standard InChI is InChI=1S/C21H20N4O4/c1-22-7-6-14-9-15(2-3-17(14)22)20(26)23-10-13-8-16(12-23)18-4-5-19(25(28)29)21(27)24(18)11-13/h2-7,9,13,16H,8,10-12H2,1H3/t13-,16-/m0/s1. The van der Waals surface area contributed by atoms with Crippen LogP contribution >= 0.6 is 0 Å². The second kappa shape index (κ2) is 6.30. The summed E-state index contributed by atoms with van der Waals surface area (Å²) in [6.07, 6.45) is 2.86. The molecule has 0 radical (unpaired) electrons. The minimum Gasteiger partial charge on any atom is -0.351 e. The number of nitrogens with zero attached hydrogens (tertiary/aromatic N) is 4. The van der Waals surface area contributed by atoms with Gasteiger partial charge in [0, 0.05) is 67.0 Å². The first-order chi connectivity index (χ1) is 13.9. The minimum atomic E-state index is -0.629. The number of carbonyl (C=O) groups is 1. The summed E-state index contributed by atoms with van der Waals surface area (Å²) >= 11 is 0. The number of benzene rings is 1. The van der Waals surface area contributed by atoms with Gasteiger partial charge in [-0.05, 0) is 42.7 Å². The van der Waals surface area contributed by atoms with Gasteiger partial charge < -0.3 is 14.0 Å². The van der Waals surface area contributed by atoms with Gasteiger partial charge in [0.25, 0.3) is 5.91 Å². The van der Waals surface area contributed by atoms with Crippen LogP contribution in [0.3, 0.4) is 0 Å². The van der Waals surface area contributed by atoms with Crippen molar-refractivity contribution in [1.29, 1.82) is 0 Å². The zero-order chi connectivity index (χ0) is 20.3. The molecule has 1 saturated heterocycles. The van der Waals surface area contributed by atoms with E-state index < -0.39 is 16.2 Å². The number of nitro groups is 1. The third kappa shape index (κ3) is 2.74. The highest BCUT2D eigenvalue weighted by Crippen LogP contribution is 2.36. The molecule has 148 valence electrons. The second-order valence-corrected chi connectivity index (χ2v) is 8.03. The van der Waals surface area contributed by atoms with E-state index in [2.05, 4.69) is 0 Å². The van der Waals surface area contributed by atoms with E-state index in [0.29, 0.717) is 25.2 Å². The van der Waals surface area contributed by atoms with E-state index in [0.717, 1.165) is 23.0 Å². The van der Waals surface area contributed by atoms with Crippen LogP contribution in [-0.2, 0) is 13.6 Å². The fourth-order valence-corrected chi connectivity index (χ4v) is 4.84. The SMILES string of the molecule is Cn1ccc2cc(C(=O)N3C[C@@H]4C[C@@H](C3)c3ccc([N+](=O)[O-])c(=O)n3C4)ccc21. The molecular formula is C21H20N4O4. The van der Waals surface area contributed by atoms with E-state index in [-0.39, 0.29) is 17.7 Å². The largest absolute Gasteiger partial charge is 0.351 e. The summed E-state index contributed by atoms with van der Waals surface area (Å²) in [6.45, 7) is 1.48. The normalized spacial score (nSPS) is 20.5. The molecule has 1 aromatic carbocycles. The maximum Gasteiger partial charge on any atom is 0.334 e. The Morgan fingerprint density at radius 3 is 2.76 bits per heavy atom. The van der Waals surface area contributed by atoms with E-state index in [1.54, 1.807) is 6.07 Å². The third-order valence-corrected chi connectivity index (χ3v) is 6.20. The van der Waals surface area contributed by atoms with Crippen molar-refractivity contribution in [3.63, 3.8) is 0 Å². The van der Waals surface area contributed by atoms with Crippen LogP contribution in [-0.4, -0.2) is 38.0 Å². The first-order valence-corrected chi connectivity index (χ1v) is 9.65. The summed E-state index contributed by atoms with van der Waals surface area (Å²) in [5, 5.41) is 12.1. The molecule has 2 atom stereocenters. The molecule has 3 aromatic rings. The van der Waals surface area contributed by atoms with Crippen LogP contribution in [0, 0.1) is 16.0 Å². The number of aryl methyl sites for hydroxylation is 1. The third-order valence-electron chi connectivity index (χ3n) is 6.20. The van der Waals surface area contributed by atoms with Gasteiger partial charge in [0.15, 0.2) is 0 Å². The van der Waals surface area contributed by atoms with E-state index in [9.17, 15) is 19.7 Å². The molecule has 0 aliphatic carbocycles. The van der Waals surface area contributed by atoms with Crippen molar-refractivity contribution in [3.05, 3.63) is 74.3 Å². The average Bonchev–Trinajstić information content (AvgIpc) is 3.08. The zero-order valence-corrected chi connectivity index (χ0v) is 15.9. The summed E-state index contributed by atoms with van der Waals surface area (Å²) in [7, 11) is 1.97. The van der Waals surface area contributed by atoms with Crippen molar-refractivity contribution in [3.8, 4) is 0 Å². The Kier molecular flexibility index (Phi) is 3.84. The summed E-state index contributed by atoms with van der Waals surface area (Å²) in [6, 6.07) is 10.7. The number of amides is 1. The van der Waals surface area contributed by atoms with Gasteiger partial charge in [-0.3, -0.25) is 19.7 Å². The molecule has 1 amide bonds. The van der Waals surface area contributed by atoms with Crippen LogP contribution in [0.15, 0.2) is 47.4 Å². The molecule has 5 rings (SSSR count). The zero-order valence-electron chi connectivity index (χ0n) is 15.9. The summed E-state index contributed by atoms with van der Waals surface area (Å²) in [4.78, 5) is 38.0. The van der Waals surface area contributed by atoms with Crippen LogP contribution in [0.2, 0.25) is 0 Å². The Morgan fingerprint density at radius 2 is 1.97 bits per heavy atom. The molecule has 0 unspecified atom stereocenters. The fourth-order valence-electron chi connectivity index (χ4n) is 4.84. The Bertz CT molecular complexity index is 1230. The summed E-state index contributed by atoms with van der Waals surface area (Å²) in [5.41, 5.74) is 1.58. The number of hydrogen-bond donors (Lipinski definition) is 0. The summed E-state index contributed by atoms with van der Waals surface area (Å²) < 4.78 is 3.55. The van der Waals surface area contributed by atoms with Gasteiger partial charge in [0.2, 0.25) is 0 Å². The highest BCUT2D eigenvalue weighted by atomic mass is 16.6. The van der Waals surface area contributed by atoms with Gasteiger partial charge in [-0.1, -0.05) is 0 Å². The summed E-state index contributed by atoms with van der Waals surface area (Å²) in [5.74, 6) is 0.119. The van der Waals surface area contributed by atoms with Crippen LogP contribution in [0.1, 0.15) is 28.4 Å². The maximum atomic E-state index is 13.2. The lowest BCUT2D eigenvalue weighted by molar-refractivity contribution is -0.386. The Hall–Kier alpha value is -3.42. The number of rotatable bonds is 2. The predicted molar refractivity (Wildman–Crippen MR) is 107 cm³/mol. The lowest BCUT2D eigenvalue weighted by Crippen LogP contribution is -2.49. The van der Waals surface area contributed by atoms with Gasteiger partial charge in [-0.2, -0.15) is 0 Å². The number of hydrogen-bond acceptors (Lipinski definition) is 4. The Morgan fingerprint density at radius 1 is 1.14 bits per heavy atom. The second-order valence-electron chi connectivity index (χ2n) is 8.03. The highest BCUT2D eigenvalue weighted by Gasteiger charge is 2.37. The quantitative estimate of drug-likeness (QED) is 0.495. The smallest absolute Gasteiger partial charge is 0.334 e. The fraction of sp³-hybridized carbons (Fsp3) is 0.333. The Labute approximate surface area is 166 Å². The number of aromatic nitrogens is 2. The van der Waals surface area contributed by atoms with Crippen molar-refractivity contribution >= 4 is 22.5 Å². The van der Waals surface area contributed by atoms with Gasteiger partial charge in [-0.15, -0.1) is 0 Å². The molecule has 2 bridgehead atoms. The Balaban J connectivity index is 1.45. The average molecular weight is 392 g/mol. The lowest BCUT2D eigenvalue weighted by Gasteiger charge is -2.42. The van der Waals surface area contributed by atoms with Gasteiger partial charge >= 0.3 is 11.2 Å². The number of piperidine rings is 1. The molecule has 0 saturated carbocycles. The van der Waals surface area contributed by atoms with Crippen molar-refractivity contribution < 1.29 is 9.72 Å². The monoisotopic (exact) mass is 392 g/mol. The molecule has 2 aromatic heterocycles.